The molecular weight excluding hydrogens is 232 g/mol. The summed E-state index contributed by atoms with van der Waals surface area (Å²) in [5.74, 6) is -0.696. The van der Waals surface area contributed by atoms with Crippen molar-refractivity contribution < 1.29 is 14.6 Å². The van der Waals surface area contributed by atoms with Gasteiger partial charge in [-0.05, 0) is 19.3 Å². The van der Waals surface area contributed by atoms with Crippen LogP contribution in [0.4, 0.5) is 0 Å². The van der Waals surface area contributed by atoms with E-state index in [1.54, 1.807) is 0 Å². The topological polar surface area (TPSA) is 53.0 Å². The van der Waals surface area contributed by atoms with Crippen molar-refractivity contribution in [1.82, 2.24) is 9.80 Å². The highest BCUT2D eigenvalue weighted by molar-refractivity contribution is 5.66. The zero-order valence-corrected chi connectivity index (χ0v) is 11.0. The lowest BCUT2D eigenvalue weighted by molar-refractivity contribution is -0.137. The predicted octanol–water partition coefficient (Wildman–Crippen LogP) is 0.648. The summed E-state index contributed by atoms with van der Waals surface area (Å²) >= 11 is 0. The van der Waals surface area contributed by atoms with Gasteiger partial charge in [0.25, 0.3) is 0 Å². The molecule has 0 aromatic rings. The van der Waals surface area contributed by atoms with E-state index in [-0.39, 0.29) is 6.42 Å². The molecule has 5 heteroatoms. The Hall–Kier alpha value is -0.650. The quantitative estimate of drug-likeness (QED) is 0.800. The molecule has 0 aromatic carbocycles. The smallest absolute Gasteiger partial charge is 0.304 e. The van der Waals surface area contributed by atoms with Crippen LogP contribution >= 0.6 is 0 Å². The van der Waals surface area contributed by atoms with Crippen LogP contribution in [0.3, 0.4) is 0 Å². The van der Waals surface area contributed by atoms with Crippen LogP contribution in [0.5, 0.6) is 0 Å². The minimum Gasteiger partial charge on any atom is -0.481 e. The van der Waals surface area contributed by atoms with Crippen LogP contribution in [0.2, 0.25) is 0 Å². The van der Waals surface area contributed by atoms with Gasteiger partial charge in [0.2, 0.25) is 0 Å². The van der Waals surface area contributed by atoms with E-state index in [0.717, 1.165) is 45.8 Å². The molecule has 18 heavy (non-hydrogen) atoms. The number of carboxylic acids is 1. The van der Waals surface area contributed by atoms with Crippen molar-refractivity contribution in [2.75, 3.05) is 45.9 Å². The number of nitrogens with zero attached hydrogens (tertiary/aromatic N) is 2. The molecule has 0 spiro atoms. The molecule has 2 rings (SSSR count). The van der Waals surface area contributed by atoms with E-state index < -0.39 is 5.97 Å². The summed E-state index contributed by atoms with van der Waals surface area (Å²) in [4.78, 5) is 15.4. The van der Waals surface area contributed by atoms with Crippen molar-refractivity contribution in [3.05, 3.63) is 0 Å². The van der Waals surface area contributed by atoms with Crippen LogP contribution in [0.15, 0.2) is 0 Å². The Bertz CT molecular complexity index is 257. The Morgan fingerprint density at radius 1 is 1.17 bits per heavy atom. The third-order valence-corrected chi connectivity index (χ3v) is 3.99. The van der Waals surface area contributed by atoms with Crippen molar-refractivity contribution in [3.63, 3.8) is 0 Å². The zero-order chi connectivity index (χ0) is 12.8. The Morgan fingerprint density at radius 2 is 1.94 bits per heavy atom. The zero-order valence-electron chi connectivity index (χ0n) is 11.0. The molecule has 2 heterocycles. The van der Waals surface area contributed by atoms with Gasteiger partial charge in [-0.3, -0.25) is 9.69 Å². The van der Waals surface area contributed by atoms with E-state index in [1.807, 2.05) is 0 Å². The first kappa shape index (κ1) is 13.8. The fraction of sp³-hybridized carbons (Fsp3) is 0.923. The van der Waals surface area contributed by atoms with Crippen molar-refractivity contribution in [3.8, 4) is 0 Å². The SMILES string of the molecule is O=C(O)CCN1CCN(C2CCCOCC2)CC1. The number of carboxylic acid groups (broad SMARTS) is 1. The first-order valence-corrected chi connectivity index (χ1v) is 7.01. The molecular formula is C13H24N2O3. The Morgan fingerprint density at radius 3 is 2.67 bits per heavy atom. The molecule has 0 saturated carbocycles. The molecule has 5 nitrogen and oxygen atoms in total. The molecule has 0 amide bonds. The Balaban J connectivity index is 1.70. The van der Waals surface area contributed by atoms with E-state index in [2.05, 4.69) is 9.80 Å². The molecule has 104 valence electrons. The molecule has 2 aliphatic heterocycles. The van der Waals surface area contributed by atoms with Crippen molar-refractivity contribution in [2.45, 2.75) is 31.7 Å². The van der Waals surface area contributed by atoms with Gasteiger partial charge in [-0.25, -0.2) is 0 Å². The number of rotatable bonds is 4. The third-order valence-electron chi connectivity index (χ3n) is 3.99. The summed E-state index contributed by atoms with van der Waals surface area (Å²) in [6, 6.07) is 0.675. The first-order chi connectivity index (χ1) is 8.75. The van der Waals surface area contributed by atoms with E-state index in [4.69, 9.17) is 9.84 Å². The maximum absolute atomic E-state index is 10.5. The standard InChI is InChI=1S/C13H24N2O3/c16-13(17)3-5-14-6-8-15(9-7-14)12-2-1-10-18-11-4-12/h12H,1-11H2,(H,16,17). The highest BCUT2D eigenvalue weighted by Crippen LogP contribution is 2.17. The lowest BCUT2D eigenvalue weighted by Gasteiger charge is -2.38. The van der Waals surface area contributed by atoms with Gasteiger partial charge < -0.3 is 14.7 Å². The number of aliphatic carboxylic acids is 1. The fourth-order valence-corrected chi connectivity index (χ4v) is 2.86. The molecule has 0 bridgehead atoms. The lowest BCUT2D eigenvalue weighted by atomic mass is 10.1. The first-order valence-electron chi connectivity index (χ1n) is 7.01. The van der Waals surface area contributed by atoms with Crippen molar-refractivity contribution in [1.29, 1.82) is 0 Å². The predicted molar refractivity (Wildman–Crippen MR) is 68.7 cm³/mol. The Labute approximate surface area is 109 Å². The van der Waals surface area contributed by atoms with E-state index in [1.165, 1.54) is 12.8 Å². The minimum atomic E-state index is -0.696. The van der Waals surface area contributed by atoms with E-state index >= 15 is 0 Å². The minimum absolute atomic E-state index is 0.261. The highest BCUT2D eigenvalue weighted by Gasteiger charge is 2.24. The summed E-state index contributed by atoms with van der Waals surface area (Å²) in [7, 11) is 0. The van der Waals surface area contributed by atoms with Crippen molar-refractivity contribution in [2.24, 2.45) is 0 Å². The van der Waals surface area contributed by atoms with Crippen LogP contribution in [-0.4, -0.2) is 72.9 Å². The number of ether oxygens (including phenoxy) is 1. The molecule has 0 aromatic heterocycles. The third kappa shape index (κ3) is 4.23. The summed E-state index contributed by atoms with van der Waals surface area (Å²) < 4.78 is 5.50. The second-order valence-electron chi connectivity index (χ2n) is 5.22. The van der Waals surface area contributed by atoms with Gasteiger partial charge in [0.15, 0.2) is 0 Å². The Kier molecular flexibility index (Phi) is 5.41. The number of carbonyl (C=O) groups is 1. The van der Waals surface area contributed by atoms with Gasteiger partial charge in [0.1, 0.15) is 0 Å². The average Bonchev–Trinajstić information content (AvgIpc) is 2.66. The maximum atomic E-state index is 10.5. The van der Waals surface area contributed by atoms with E-state index in [9.17, 15) is 4.79 Å². The largest absolute Gasteiger partial charge is 0.481 e. The van der Waals surface area contributed by atoms with Crippen LogP contribution in [0.25, 0.3) is 0 Å². The van der Waals surface area contributed by atoms with Gasteiger partial charge in [-0.15, -0.1) is 0 Å². The fourth-order valence-electron chi connectivity index (χ4n) is 2.86. The second kappa shape index (κ2) is 7.07. The van der Waals surface area contributed by atoms with E-state index in [0.29, 0.717) is 12.6 Å². The number of piperazine rings is 1. The van der Waals surface area contributed by atoms with Gasteiger partial charge in [0.05, 0.1) is 6.42 Å². The monoisotopic (exact) mass is 256 g/mol. The lowest BCUT2D eigenvalue weighted by Crippen LogP contribution is -2.50. The van der Waals surface area contributed by atoms with Crippen molar-refractivity contribution >= 4 is 5.97 Å². The summed E-state index contributed by atoms with van der Waals surface area (Å²) in [5, 5.41) is 8.68. The average molecular weight is 256 g/mol. The second-order valence-corrected chi connectivity index (χ2v) is 5.22. The maximum Gasteiger partial charge on any atom is 0.304 e. The molecule has 1 N–H and O–H groups in total. The molecule has 1 unspecified atom stereocenters. The molecule has 0 aliphatic carbocycles. The normalized spacial score (nSPS) is 27.9. The molecule has 0 radical (unpaired) electrons. The van der Waals surface area contributed by atoms with Gasteiger partial charge in [0, 0.05) is 52.0 Å². The molecule has 2 saturated heterocycles. The van der Waals surface area contributed by atoms with Crippen LogP contribution < -0.4 is 0 Å². The van der Waals surface area contributed by atoms with Gasteiger partial charge in [-0.1, -0.05) is 0 Å². The van der Waals surface area contributed by atoms with Crippen LogP contribution in [0.1, 0.15) is 25.7 Å². The number of hydrogen-bond acceptors (Lipinski definition) is 4. The number of hydrogen-bond donors (Lipinski definition) is 1. The molecule has 1 atom stereocenters. The summed E-state index contributed by atoms with van der Waals surface area (Å²) in [6.45, 7) is 6.65. The van der Waals surface area contributed by atoms with Crippen LogP contribution in [-0.2, 0) is 9.53 Å². The van der Waals surface area contributed by atoms with Crippen LogP contribution in [0, 0.1) is 0 Å². The summed E-state index contributed by atoms with van der Waals surface area (Å²) in [5.41, 5.74) is 0. The molecule has 2 aliphatic rings. The highest BCUT2D eigenvalue weighted by atomic mass is 16.5. The molecule has 2 fully saturated rings. The summed E-state index contributed by atoms with van der Waals surface area (Å²) in [6.07, 6.45) is 3.82. The van der Waals surface area contributed by atoms with Gasteiger partial charge >= 0.3 is 5.97 Å². The van der Waals surface area contributed by atoms with Gasteiger partial charge in [-0.2, -0.15) is 0 Å².